The van der Waals surface area contributed by atoms with Crippen molar-refractivity contribution in [1.82, 2.24) is 5.32 Å². The number of methoxy groups -OCH3 is 3. The summed E-state index contributed by atoms with van der Waals surface area (Å²) in [5, 5.41) is 11.6. The molecular formula is C21H22N2O5. The van der Waals surface area contributed by atoms with E-state index < -0.39 is 0 Å². The fourth-order valence-corrected chi connectivity index (χ4v) is 2.91. The quantitative estimate of drug-likeness (QED) is 0.655. The van der Waals surface area contributed by atoms with Crippen molar-refractivity contribution >= 4 is 16.9 Å². The Hall–Kier alpha value is -3.48. The van der Waals surface area contributed by atoms with Crippen LogP contribution in [0.25, 0.3) is 11.0 Å². The van der Waals surface area contributed by atoms with Gasteiger partial charge in [0.2, 0.25) is 5.55 Å². The Morgan fingerprint density at radius 1 is 1.00 bits per heavy atom. The average Bonchev–Trinajstić information content (AvgIpc) is 2.72. The summed E-state index contributed by atoms with van der Waals surface area (Å²) in [5.41, 5.74) is 1.41. The summed E-state index contributed by atoms with van der Waals surface area (Å²) in [7, 11) is 4.69. The van der Waals surface area contributed by atoms with Crippen LogP contribution in [0.4, 0.5) is 0 Å². The second kappa shape index (κ2) is 8.47. The molecule has 1 heterocycles. The summed E-state index contributed by atoms with van der Waals surface area (Å²) in [4.78, 5) is 12.5. The lowest BCUT2D eigenvalue weighted by atomic mass is 10.1. The van der Waals surface area contributed by atoms with E-state index in [0.717, 1.165) is 5.56 Å². The van der Waals surface area contributed by atoms with Gasteiger partial charge in [-0.1, -0.05) is 18.2 Å². The van der Waals surface area contributed by atoms with E-state index >= 15 is 0 Å². The number of carbonyl (C=O) groups excluding carboxylic acids is 1. The highest BCUT2D eigenvalue weighted by molar-refractivity contribution is 5.97. The first-order valence-corrected chi connectivity index (χ1v) is 8.72. The van der Waals surface area contributed by atoms with Crippen LogP contribution < -0.4 is 25.1 Å². The third kappa shape index (κ3) is 3.93. The van der Waals surface area contributed by atoms with Gasteiger partial charge in [0, 0.05) is 11.9 Å². The Morgan fingerprint density at radius 2 is 1.75 bits per heavy atom. The minimum absolute atomic E-state index is 0.174. The third-order valence-corrected chi connectivity index (χ3v) is 4.37. The van der Waals surface area contributed by atoms with Crippen LogP contribution in [0.5, 0.6) is 17.2 Å². The summed E-state index contributed by atoms with van der Waals surface area (Å²) < 4.78 is 21.3. The number of rotatable bonds is 7. The van der Waals surface area contributed by atoms with Gasteiger partial charge in [0.05, 0.1) is 21.3 Å². The molecule has 7 heteroatoms. The summed E-state index contributed by atoms with van der Waals surface area (Å²) in [6.07, 6.45) is 0.609. The van der Waals surface area contributed by atoms with E-state index in [2.05, 4.69) is 5.32 Å². The zero-order chi connectivity index (χ0) is 20.1. The SMILES string of the molecule is COc1ccc(CCNC(=O)c2cc3cccc(OC)c3oc2=N)cc1OC. The second-order valence-corrected chi connectivity index (χ2v) is 6.06. The van der Waals surface area contributed by atoms with Gasteiger partial charge in [-0.05, 0) is 36.2 Å². The van der Waals surface area contributed by atoms with Gasteiger partial charge in [0.15, 0.2) is 22.8 Å². The molecule has 0 saturated heterocycles. The number of benzene rings is 2. The predicted octanol–water partition coefficient (Wildman–Crippen LogP) is 2.91. The maximum absolute atomic E-state index is 12.5. The monoisotopic (exact) mass is 382 g/mol. The van der Waals surface area contributed by atoms with Gasteiger partial charge in [-0.15, -0.1) is 0 Å². The van der Waals surface area contributed by atoms with Crippen LogP contribution in [-0.4, -0.2) is 33.8 Å². The van der Waals surface area contributed by atoms with Gasteiger partial charge in [0.25, 0.3) is 5.91 Å². The molecule has 0 unspecified atom stereocenters. The van der Waals surface area contributed by atoms with Gasteiger partial charge in [-0.2, -0.15) is 0 Å². The number of nitrogens with one attached hydrogen (secondary N) is 2. The van der Waals surface area contributed by atoms with Crippen molar-refractivity contribution in [3.63, 3.8) is 0 Å². The molecule has 1 amide bonds. The van der Waals surface area contributed by atoms with E-state index in [4.69, 9.17) is 24.0 Å². The zero-order valence-electron chi connectivity index (χ0n) is 16.0. The third-order valence-electron chi connectivity index (χ3n) is 4.37. The number of fused-ring (bicyclic) bond motifs is 1. The Bertz CT molecular complexity index is 1060. The first-order chi connectivity index (χ1) is 13.6. The largest absolute Gasteiger partial charge is 0.493 e. The zero-order valence-corrected chi connectivity index (χ0v) is 16.0. The standard InChI is InChI=1S/C21H22N2O5/c1-25-16-8-7-13(11-18(16)27-3)9-10-23-21(24)15-12-14-5-4-6-17(26-2)19(14)28-20(15)22/h4-8,11-12,22H,9-10H2,1-3H3,(H,23,24). The topological polar surface area (TPSA) is 93.8 Å². The molecule has 0 aliphatic carbocycles. The van der Waals surface area contributed by atoms with E-state index in [1.807, 2.05) is 18.2 Å². The molecule has 0 saturated carbocycles. The van der Waals surface area contributed by atoms with Gasteiger partial charge in [-0.3, -0.25) is 10.2 Å². The lowest BCUT2D eigenvalue weighted by molar-refractivity contribution is 0.0950. The van der Waals surface area contributed by atoms with Gasteiger partial charge >= 0.3 is 0 Å². The summed E-state index contributed by atoms with van der Waals surface area (Å²) in [6.45, 7) is 0.407. The van der Waals surface area contributed by atoms with E-state index in [9.17, 15) is 4.79 Å². The molecule has 3 rings (SSSR count). The molecule has 28 heavy (non-hydrogen) atoms. The van der Waals surface area contributed by atoms with Crippen LogP contribution in [0.1, 0.15) is 15.9 Å². The van der Waals surface area contributed by atoms with Crippen molar-refractivity contribution in [2.45, 2.75) is 6.42 Å². The van der Waals surface area contributed by atoms with Crippen LogP contribution in [0, 0.1) is 5.41 Å². The maximum Gasteiger partial charge on any atom is 0.256 e. The molecular weight excluding hydrogens is 360 g/mol. The lowest BCUT2D eigenvalue weighted by Crippen LogP contribution is -2.30. The fraction of sp³-hybridized carbons (Fsp3) is 0.238. The summed E-state index contributed by atoms with van der Waals surface area (Å²) in [6, 6.07) is 12.6. The smallest absolute Gasteiger partial charge is 0.256 e. The predicted molar refractivity (Wildman–Crippen MR) is 104 cm³/mol. The number of hydrogen-bond acceptors (Lipinski definition) is 6. The number of ether oxygens (including phenoxy) is 3. The van der Waals surface area contributed by atoms with Gasteiger partial charge in [-0.25, -0.2) is 0 Å². The number of para-hydroxylation sites is 1. The molecule has 0 atom stereocenters. The highest BCUT2D eigenvalue weighted by Crippen LogP contribution is 2.27. The normalized spacial score (nSPS) is 10.5. The highest BCUT2D eigenvalue weighted by atomic mass is 16.5. The van der Waals surface area contributed by atoms with Crippen LogP contribution in [-0.2, 0) is 6.42 Å². The molecule has 0 fully saturated rings. The Morgan fingerprint density at radius 3 is 2.46 bits per heavy atom. The van der Waals surface area contributed by atoms with Crippen molar-refractivity contribution in [3.05, 3.63) is 59.1 Å². The number of amides is 1. The Kier molecular flexibility index (Phi) is 5.84. The molecule has 3 aromatic rings. The molecule has 0 spiro atoms. The molecule has 7 nitrogen and oxygen atoms in total. The van der Waals surface area contributed by atoms with E-state index in [1.54, 1.807) is 38.5 Å². The highest BCUT2D eigenvalue weighted by Gasteiger charge is 2.13. The van der Waals surface area contributed by atoms with E-state index in [0.29, 0.717) is 41.2 Å². The first-order valence-electron chi connectivity index (χ1n) is 8.72. The van der Waals surface area contributed by atoms with Crippen LogP contribution in [0.15, 0.2) is 46.9 Å². The Balaban J connectivity index is 1.72. The van der Waals surface area contributed by atoms with Crippen LogP contribution >= 0.6 is 0 Å². The van der Waals surface area contributed by atoms with Gasteiger partial charge in [0.1, 0.15) is 5.56 Å². The maximum atomic E-state index is 12.5. The van der Waals surface area contributed by atoms with Crippen LogP contribution in [0.2, 0.25) is 0 Å². The van der Waals surface area contributed by atoms with E-state index in [1.165, 1.54) is 7.11 Å². The Labute approximate surface area is 162 Å². The van der Waals surface area contributed by atoms with Crippen LogP contribution in [0.3, 0.4) is 0 Å². The molecule has 0 bridgehead atoms. The summed E-state index contributed by atoms with van der Waals surface area (Å²) >= 11 is 0. The van der Waals surface area contributed by atoms with Crippen molar-refractivity contribution < 1.29 is 23.4 Å². The first kappa shape index (κ1) is 19.3. The molecule has 0 aliphatic rings. The minimum atomic E-state index is -0.362. The molecule has 0 radical (unpaired) electrons. The molecule has 0 aliphatic heterocycles. The minimum Gasteiger partial charge on any atom is -0.493 e. The lowest BCUT2D eigenvalue weighted by Gasteiger charge is -2.10. The molecule has 2 N–H and O–H groups in total. The van der Waals surface area contributed by atoms with Crippen molar-refractivity contribution in [2.24, 2.45) is 0 Å². The van der Waals surface area contributed by atoms with Crippen molar-refractivity contribution in [1.29, 1.82) is 5.41 Å². The number of hydrogen-bond donors (Lipinski definition) is 2. The molecule has 2 aromatic carbocycles. The van der Waals surface area contributed by atoms with Crippen molar-refractivity contribution in [2.75, 3.05) is 27.9 Å². The summed E-state index contributed by atoms with van der Waals surface area (Å²) in [5.74, 6) is 1.45. The second-order valence-electron chi connectivity index (χ2n) is 6.06. The van der Waals surface area contributed by atoms with Crippen molar-refractivity contribution in [3.8, 4) is 17.2 Å². The average molecular weight is 382 g/mol. The van der Waals surface area contributed by atoms with E-state index in [-0.39, 0.29) is 17.0 Å². The number of carbonyl (C=O) groups is 1. The fourth-order valence-electron chi connectivity index (χ4n) is 2.91. The molecule has 146 valence electrons. The van der Waals surface area contributed by atoms with Gasteiger partial charge < -0.3 is 23.9 Å². The molecule has 1 aromatic heterocycles.